The van der Waals surface area contributed by atoms with Gasteiger partial charge in [-0.05, 0) is 37.1 Å². The van der Waals surface area contributed by atoms with Gasteiger partial charge in [0.15, 0.2) is 17.4 Å². The number of unbranched alkanes of at least 4 members (excludes halogenated alkanes) is 1. The summed E-state index contributed by atoms with van der Waals surface area (Å²) in [5, 5.41) is 0. The minimum atomic E-state index is -0.846. The molecule has 0 bridgehead atoms. The van der Waals surface area contributed by atoms with E-state index in [1.54, 1.807) is 12.1 Å². The van der Waals surface area contributed by atoms with Crippen LogP contribution in [0.3, 0.4) is 0 Å². The van der Waals surface area contributed by atoms with Crippen molar-refractivity contribution in [2.75, 3.05) is 6.61 Å². The van der Waals surface area contributed by atoms with Crippen LogP contribution >= 0.6 is 0 Å². The lowest BCUT2D eigenvalue weighted by Gasteiger charge is -2.11. The third-order valence-electron chi connectivity index (χ3n) is 3.73. The molecule has 3 nitrogen and oxygen atoms in total. The first-order valence-corrected chi connectivity index (χ1v) is 8.53. The Morgan fingerprint density at radius 2 is 1.85 bits per heavy atom. The van der Waals surface area contributed by atoms with Crippen molar-refractivity contribution in [2.45, 2.75) is 33.3 Å². The van der Waals surface area contributed by atoms with E-state index in [4.69, 9.17) is 9.47 Å². The third-order valence-corrected chi connectivity index (χ3v) is 3.73. The number of hydrogen-bond donors (Lipinski definition) is 0. The van der Waals surface area contributed by atoms with E-state index in [1.165, 1.54) is 19.1 Å². The number of hydrogen-bond acceptors (Lipinski definition) is 3. The highest BCUT2D eigenvalue weighted by atomic mass is 19.1. The Kier molecular flexibility index (Phi) is 7.33. The lowest BCUT2D eigenvalue weighted by atomic mass is 10.1. The molecule has 26 heavy (non-hydrogen) atoms. The summed E-state index contributed by atoms with van der Waals surface area (Å²) in [6, 6.07) is 11.5. The van der Waals surface area contributed by atoms with Crippen molar-refractivity contribution in [1.29, 1.82) is 0 Å². The predicted octanol–water partition coefficient (Wildman–Crippen LogP) is 5.29. The molecule has 0 aliphatic heterocycles. The van der Waals surface area contributed by atoms with Crippen LogP contribution in [0.25, 0.3) is 6.08 Å². The number of carbonyl (C=O) groups is 1. The van der Waals surface area contributed by atoms with E-state index in [-0.39, 0.29) is 17.7 Å². The molecule has 5 heteroatoms. The average Bonchev–Trinajstić information content (AvgIpc) is 2.64. The molecule has 0 radical (unpaired) electrons. The second-order valence-corrected chi connectivity index (χ2v) is 5.87. The van der Waals surface area contributed by atoms with Crippen molar-refractivity contribution in [3.8, 4) is 5.75 Å². The topological polar surface area (TPSA) is 35.5 Å². The van der Waals surface area contributed by atoms with Crippen molar-refractivity contribution >= 4 is 12.0 Å². The van der Waals surface area contributed by atoms with Gasteiger partial charge in [-0.25, -0.2) is 13.6 Å². The Morgan fingerprint density at radius 1 is 1.12 bits per heavy atom. The summed E-state index contributed by atoms with van der Waals surface area (Å²) in [4.78, 5) is 11.9. The molecule has 0 aliphatic carbocycles. The summed E-state index contributed by atoms with van der Waals surface area (Å²) in [5.41, 5.74) is 1.10. The molecule has 0 unspecified atom stereocenters. The van der Waals surface area contributed by atoms with Crippen LogP contribution in [0.4, 0.5) is 8.78 Å². The smallest absolute Gasteiger partial charge is 0.333 e. The van der Waals surface area contributed by atoms with Gasteiger partial charge in [-0.3, -0.25) is 0 Å². The SMILES string of the molecule is CCCCOC(=O)C(C)=Cc1ccc(F)c(OCc2ccccc2)c1F. The zero-order chi connectivity index (χ0) is 18.9. The Balaban J connectivity index is 2.15. The maximum Gasteiger partial charge on any atom is 0.333 e. The van der Waals surface area contributed by atoms with Crippen molar-refractivity contribution in [3.05, 3.63) is 70.8 Å². The fourth-order valence-corrected chi connectivity index (χ4v) is 2.24. The van der Waals surface area contributed by atoms with E-state index >= 15 is 0 Å². The summed E-state index contributed by atoms with van der Waals surface area (Å²) in [5.74, 6) is -2.62. The van der Waals surface area contributed by atoms with Crippen molar-refractivity contribution < 1.29 is 23.0 Å². The summed E-state index contributed by atoms with van der Waals surface area (Å²) in [6.07, 6.45) is 3.00. The maximum atomic E-state index is 14.6. The third kappa shape index (κ3) is 5.41. The van der Waals surface area contributed by atoms with Gasteiger partial charge in [0, 0.05) is 11.1 Å². The van der Waals surface area contributed by atoms with Crippen LogP contribution in [-0.4, -0.2) is 12.6 Å². The molecule has 2 aromatic carbocycles. The van der Waals surface area contributed by atoms with Gasteiger partial charge in [-0.2, -0.15) is 0 Å². The van der Waals surface area contributed by atoms with Gasteiger partial charge in [-0.15, -0.1) is 0 Å². The zero-order valence-corrected chi connectivity index (χ0v) is 14.9. The van der Waals surface area contributed by atoms with Crippen LogP contribution < -0.4 is 4.74 Å². The zero-order valence-electron chi connectivity index (χ0n) is 14.9. The van der Waals surface area contributed by atoms with Gasteiger partial charge < -0.3 is 9.47 Å². The largest absolute Gasteiger partial charge is 0.483 e. The fourth-order valence-electron chi connectivity index (χ4n) is 2.24. The van der Waals surface area contributed by atoms with E-state index < -0.39 is 23.4 Å². The lowest BCUT2D eigenvalue weighted by Crippen LogP contribution is -2.07. The molecule has 0 saturated carbocycles. The molecular weight excluding hydrogens is 338 g/mol. The second-order valence-electron chi connectivity index (χ2n) is 5.87. The van der Waals surface area contributed by atoms with Gasteiger partial charge in [0.2, 0.25) is 0 Å². The van der Waals surface area contributed by atoms with Crippen LogP contribution in [0.2, 0.25) is 0 Å². The highest BCUT2D eigenvalue weighted by Crippen LogP contribution is 2.27. The van der Waals surface area contributed by atoms with Crippen LogP contribution in [-0.2, 0) is 16.1 Å². The quantitative estimate of drug-likeness (QED) is 0.364. The Hall–Kier alpha value is -2.69. The lowest BCUT2D eigenvalue weighted by molar-refractivity contribution is -0.138. The fraction of sp³-hybridized carbons (Fsp3) is 0.286. The molecule has 0 fully saturated rings. The number of carbonyl (C=O) groups excluding carboxylic acids is 1. The van der Waals surface area contributed by atoms with E-state index in [1.807, 2.05) is 25.1 Å². The monoisotopic (exact) mass is 360 g/mol. The molecule has 138 valence electrons. The average molecular weight is 360 g/mol. The molecule has 0 saturated heterocycles. The van der Waals surface area contributed by atoms with Crippen molar-refractivity contribution in [2.24, 2.45) is 0 Å². The molecular formula is C21H22F2O3. The van der Waals surface area contributed by atoms with E-state index in [2.05, 4.69) is 0 Å². The maximum absolute atomic E-state index is 14.6. The van der Waals surface area contributed by atoms with E-state index in [9.17, 15) is 13.6 Å². The minimum Gasteiger partial charge on any atom is -0.483 e. The normalized spacial score (nSPS) is 11.3. The Morgan fingerprint density at radius 3 is 2.54 bits per heavy atom. The number of benzene rings is 2. The molecule has 0 amide bonds. The minimum absolute atomic E-state index is 0.0416. The van der Waals surface area contributed by atoms with Crippen LogP contribution in [0.5, 0.6) is 5.75 Å². The Labute approximate surface area is 152 Å². The Bertz CT molecular complexity index is 770. The van der Waals surface area contributed by atoms with Gasteiger partial charge in [0.25, 0.3) is 0 Å². The van der Waals surface area contributed by atoms with Crippen LogP contribution in [0.1, 0.15) is 37.8 Å². The number of ether oxygens (including phenoxy) is 2. The molecule has 0 atom stereocenters. The number of esters is 1. The van der Waals surface area contributed by atoms with Crippen molar-refractivity contribution in [3.63, 3.8) is 0 Å². The summed E-state index contributed by atoms with van der Waals surface area (Å²) in [6.45, 7) is 3.88. The summed E-state index contributed by atoms with van der Waals surface area (Å²) in [7, 11) is 0. The molecule has 0 heterocycles. The number of rotatable bonds is 8. The van der Waals surface area contributed by atoms with Crippen LogP contribution in [0, 0.1) is 11.6 Å². The molecule has 0 aromatic heterocycles. The second kappa shape index (κ2) is 9.70. The molecule has 0 N–H and O–H groups in total. The van der Waals surface area contributed by atoms with E-state index in [0.29, 0.717) is 6.61 Å². The standard InChI is InChI=1S/C21H22F2O3/c1-3-4-12-25-21(24)15(2)13-17-10-11-18(22)20(19(17)23)26-14-16-8-6-5-7-9-16/h5-11,13H,3-4,12,14H2,1-2H3. The van der Waals surface area contributed by atoms with Crippen molar-refractivity contribution in [1.82, 2.24) is 0 Å². The summed E-state index contributed by atoms with van der Waals surface area (Å²) < 4.78 is 39.0. The highest BCUT2D eigenvalue weighted by molar-refractivity contribution is 5.93. The van der Waals surface area contributed by atoms with E-state index in [0.717, 1.165) is 24.5 Å². The highest BCUT2D eigenvalue weighted by Gasteiger charge is 2.16. The first kappa shape index (κ1) is 19.6. The summed E-state index contributed by atoms with van der Waals surface area (Å²) >= 11 is 0. The first-order valence-electron chi connectivity index (χ1n) is 8.53. The number of halogens is 2. The van der Waals surface area contributed by atoms with Gasteiger partial charge >= 0.3 is 5.97 Å². The van der Waals surface area contributed by atoms with Crippen LogP contribution in [0.15, 0.2) is 48.0 Å². The van der Waals surface area contributed by atoms with Gasteiger partial charge in [0.05, 0.1) is 6.61 Å². The molecule has 2 rings (SSSR count). The first-order chi connectivity index (χ1) is 12.5. The molecule has 0 aliphatic rings. The van der Waals surface area contributed by atoms with Gasteiger partial charge in [0.1, 0.15) is 6.61 Å². The molecule has 2 aromatic rings. The molecule has 0 spiro atoms. The predicted molar refractivity (Wildman–Crippen MR) is 96.7 cm³/mol. The van der Waals surface area contributed by atoms with Gasteiger partial charge in [-0.1, -0.05) is 43.7 Å².